The first-order chi connectivity index (χ1) is 6.02. The normalized spacial score (nSPS) is 12.5. The summed E-state index contributed by atoms with van der Waals surface area (Å²) >= 11 is 5.68. The number of phenolic OH excluding ortho intramolecular Hbond substituents is 1. The topological polar surface area (TPSA) is 83.6 Å². The zero-order chi connectivity index (χ0) is 10.0. The highest BCUT2D eigenvalue weighted by atomic mass is 35.5. The van der Waals surface area contributed by atoms with Crippen molar-refractivity contribution in [3.63, 3.8) is 0 Å². The van der Waals surface area contributed by atoms with Gasteiger partial charge in [0.05, 0.1) is 0 Å². The van der Waals surface area contributed by atoms with E-state index in [1.54, 1.807) is 0 Å². The predicted octanol–water partition coefficient (Wildman–Crippen LogP) is 1.13. The molecule has 4 N–H and O–H groups in total. The van der Waals surface area contributed by atoms with Gasteiger partial charge in [-0.25, -0.2) is 0 Å². The molecular weight excluding hydrogens is 194 g/mol. The third-order valence-corrected chi connectivity index (χ3v) is 1.92. The summed E-state index contributed by atoms with van der Waals surface area (Å²) in [6.45, 7) is 0. The van der Waals surface area contributed by atoms with Crippen LogP contribution in [0.3, 0.4) is 0 Å². The first kappa shape index (κ1) is 9.83. The molecule has 0 aliphatic rings. The average molecular weight is 202 g/mol. The van der Waals surface area contributed by atoms with Gasteiger partial charge in [-0.05, 0) is 18.2 Å². The van der Waals surface area contributed by atoms with E-state index in [9.17, 15) is 4.79 Å². The zero-order valence-electron chi connectivity index (χ0n) is 6.57. The average Bonchev–Trinajstić information content (AvgIpc) is 2.08. The van der Waals surface area contributed by atoms with Crippen LogP contribution in [0.4, 0.5) is 0 Å². The van der Waals surface area contributed by atoms with E-state index in [1.165, 1.54) is 18.2 Å². The van der Waals surface area contributed by atoms with Crippen molar-refractivity contribution in [1.82, 2.24) is 0 Å². The van der Waals surface area contributed by atoms with Crippen LogP contribution in [0.2, 0.25) is 5.02 Å². The molecule has 70 valence electrons. The van der Waals surface area contributed by atoms with E-state index in [-0.39, 0.29) is 16.3 Å². The van der Waals surface area contributed by atoms with Gasteiger partial charge in [0.1, 0.15) is 11.8 Å². The van der Waals surface area contributed by atoms with E-state index < -0.39 is 12.0 Å². The number of hydrogen-bond donors (Lipinski definition) is 3. The van der Waals surface area contributed by atoms with Crippen molar-refractivity contribution in [2.75, 3.05) is 0 Å². The van der Waals surface area contributed by atoms with Crippen LogP contribution in [0.25, 0.3) is 0 Å². The summed E-state index contributed by atoms with van der Waals surface area (Å²) < 4.78 is 0. The lowest BCUT2D eigenvalue weighted by Gasteiger charge is -2.08. The molecule has 5 heteroatoms. The van der Waals surface area contributed by atoms with Gasteiger partial charge in [-0.3, -0.25) is 4.79 Å². The van der Waals surface area contributed by atoms with Crippen molar-refractivity contribution >= 4 is 17.6 Å². The second-order valence-electron chi connectivity index (χ2n) is 2.52. The molecule has 13 heavy (non-hydrogen) atoms. The van der Waals surface area contributed by atoms with Crippen LogP contribution in [0, 0.1) is 0 Å². The molecule has 0 unspecified atom stereocenters. The number of nitrogens with two attached hydrogens (primary N) is 1. The molecule has 0 fully saturated rings. The van der Waals surface area contributed by atoms with E-state index >= 15 is 0 Å². The molecule has 1 aromatic rings. The molecule has 0 saturated carbocycles. The molecule has 1 rings (SSSR count). The Morgan fingerprint density at radius 2 is 2.15 bits per heavy atom. The number of hydrogen-bond acceptors (Lipinski definition) is 3. The Morgan fingerprint density at radius 3 is 2.69 bits per heavy atom. The van der Waals surface area contributed by atoms with E-state index in [2.05, 4.69) is 0 Å². The fourth-order valence-electron chi connectivity index (χ4n) is 0.903. The summed E-state index contributed by atoms with van der Waals surface area (Å²) in [6, 6.07) is 2.79. The highest BCUT2D eigenvalue weighted by molar-refractivity contribution is 6.31. The number of carboxylic acid groups (broad SMARTS) is 1. The quantitative estimate of drug-likeness (QED) is 0.670. The smallest absolute Gasteiger partial charge is 0.325 e. The fourth-order valence-corrected chi connectivity index (χ4v) is 1.14. The van der Waals surface area contributed by atoms with Gasteiger partial charge >= 0.3 is 5.97 Å². The molecule has 0 heterocycles. The molecule has 0 aliphatic heterocycles. The van der Waals surface area contributed by atoms with Crippen molar-refractivity contribution in [2.24, 2.45) is 5.73 Å². The third-order valence-electron chi connectivity index (χ3n) is 1.58. The lowest BCUT2D eigenvalue weighted by molar-refractivity contribution is -0.138. The SMILES string of the molecule is N[C@@H](C(=O)O)c1cc(O)ccc1Cl. The van der Waals surface area contributed by atoms with Crippen LogP contribution in [0.1, 0.15) is 11.6 Å². The van der Waals surface area contributed by atoms with Crippen LogP contribution in [0.5, 0.6) is 5.75 Å². The van der Waals surface area contributed by atoms with Crippen LogP contribution >= 0.6 is 11.6 Å². The maximum absolute atomic E-state index is 10.5. The number of aromatic hydroxyl groups is 1. The molecular formula is C8H8ClNO3. The maximum Gasteiger partial charge on any atom is 0.325 e. The van der Waals surface area contributed by atoms with Crippen LogP contribution in [-0.4, -0.2) is 16.2 Å². The Bertz CT molecular complexity index is 340. The Kier molecular flexibility index (Phi) is 2.75. The number of carboxylic acids is 1. The monoisotopic (exact) mass is 201 g/mol. The first-order valence-corrected chi connectivity index (χ1v) is 3.87. The van der Waals surface area contributed by atoms with Gasteiger partial charge in [0, 0.05) is 10.6 Å². The predicted molar refractivity (Wildman–Crippen MR) is 47.7 cm³/mol. The summed E-state index contributed by atoms with van der Waals surface area (Å²) in [6.07, 6.45) is 0. The lowest BCUT2D eigenvalue weighted by Crippen LogP contribution is -2.20. The molecule has 4 nitrogen and oxygen atoms in total. The molecule has 0 radical (unpaired) electrons. The van der Waals surface area contributed by atoms with Crippen molar-refractivity contribution in [3.8, 4) is 5.75 Å². The van der Waals surface area contributed by atoms with Crippen LogP contribution < -0.4 is 5.73 Å². The van der Waals surface area contributed by atoms with Crippen LogP contribution in [0.15, 0.2) is 18.2 Å². The number of aliphatic carboxylic acids is 1. The van der Waals surface area contributed by atoms with Gasteiger partial charge in [0.2, 0.25) is 0 Å². The molecule has 1 aromatic carbocycles. The van der Waals surface area contributed by atoms with Gasteiger partial charge in [-0.1, -0.05) is 11.6 Å². The molecule has 0 aliphatic carbocycles. The first-order valence-electron chi connectivity index (χ1n) is 3.49. The third kappa shape index (κ3) is 2.11. The summed E-state index contributed by atoms with van der Waals surface area (Å²) in [5, 5.41) is 17.9. The minimum Gasteiger partial charge on any atom is -0.508 e. The van der Waals surface area contributed by atoms with Gasteiger partial charge in [-0.2, -0.15) is 0 Å². The van der Waals surface area contributed by atoms with E-state index in [1.807, 2.05) is 0 Å². The van der Waals surface area contributed by atoms with Crippen molar-refractivity contribution < 1.29 is 15.0 Å². The second-order valence-corrected chi connectivity index (χ2v) is 2.93. The molecule has 0 spiro atoms. The van der Waals surface area contributed by atoms with E-state index in [4.69, 9.17) is 27.5 Å². The van der Waals surface area contributed by atoms with Gasteiger partial charge in [0.15, 0.2) is 0 Å². The van der Waals surface area contributed by atoms with Gasteiger partial charge in [0.25, 0.3) is 0 Å². The van der Waals surface area contributed by atoms with Crippen molar-refractivity contribution in [3.05, 3.63) is 28.8 Å². The van der Waals surface area contributed by atoms with Gasteiger partial charge in [-0.15, -0.1) is 0 Å². The number of carbonyl (C=O) groups is 1. The lowest BCUT2D eigenvalue weighted by atomic mass is 10.1. The Hall–Kier alpha value is -1.26. The molecule has 0 bridgehead atoms. The Balaban J connectivity index is 3.12. The Morgan fingerprint density at radius 1 is 1.54 bits per heavy atom. The zero-order valence-corrected chi connectivity index (χ0v) is 7.32. The standard InChI is InChI=1S/C8H8ClNO3/c9-6-2-1-4(11)3-5(6)7(10)8(12)13/h1-3,7,11H,10H2,(H,12,13)/t7-/m1/s1. The van der Waals surface area contributed by atoms with Crippen LogP contribution in [-0.2, 0) is 4.79 Å². The maximum atomic E-state index is 10.5. The highest BCUT2D eigenvalue weighted by Gasteiger charge is 2.17. The van der Waals surface area contributed by atoms with E-state index in [0.717, 1.165) is 0 Å². The molecule has 0 saturated heterocycles. The van der Waals surface area contributed by atoms with Gasteiger partial charge < -0.3 is 15.9 Å². The molecule has 1 atom stereocenters. The summed E-state index contributed by atoms with van der Waals surface area (Å²) in [5.74, 6) is -1.25. The molecule has 0 amide bonds. The number of rotatable bonds is 2. The molecule has 0 aromatic heterocycles. The van der Waals surface area contributed by atoms with E-state index in [0.29, 0.717) is 0 Å². The minimum atomic E-state index is -1.21. The summed E-state index contributed by atoms with van der Waals surface area (Å²) in [7, 11) is 0. The van der Waals surface area contributed by atoms with Crippen molar-refractivity contribution in [2.45, 2.75) is 6.04 Å². The number of benzene rings is 1. The number of halogens is 1. The minimum absolute atomic E-state index is 0.0592. The fraction of sp³-hybridized carbons (Fsp3) is 0.125. The second kappa shape index (κ2) is 3.64. The summed E-state index contributed by atoms with van der Waals surface area (Å²) in [4.78, 5) is 10.5. The largest absolute Gasteiger partial charge is 0.508 e. The van der Waals surface area contributed by atoms with Crippen molar-refractivity contribution in [1.29, 1.82) is 0 Å². The Labute approximate surface area is 79.6 Å². The summed E-state index contributed by atoms with van der Waals surface area (Å²) in [5.41, 5.74) is 5.52. The number of phenols is 1. The highest BCUT2D eigenvalue weighted by Crippen LogP contribution is 2.25.